The van der Waals surface area contributed by atoms with Crippen LogP contribution in [0.25, 0.3) is 0 Å². The van der Waals surface area contributed by atoms with E-state index in [4.69, 9.17) is 0 Å². The number of rotatable bonds is 0. The van der Waals surface area contributed by atoms with Crippen molar-refractivity contribution in [2.75, 3.05) is 0 Å². The Hall–Kier alpha value is 2.23. The van der Waals surface area contributed by atoms with E-state index in [1.807, 2.05) is 0 Å². The van der Waals surface area contributed by atoms with Crippen molar-refractivity contribution in [1.82, 2.24) is 0 Å². The van der Waals surface area contributed by atoms with Gasteiger partial charge in [0.05, 0.1) is 0 Å². The topological polar surface area (TPSA) is 0 Å². The van der Waals surface area contributed by atoms with Crippen LogP contribution in [0.5, 0.6) is 0 Å². The molecule has 0 N–H and O–H groups in total. The van der Waals surface area contributed by atoms with Gasteiger partial charge in [-0.15, -0.1) is 0 Å². The predicted molar refractivity (Wildman–Crippen MR) is 10.4 cm³/mol. The first-order chi connectivity index (χ1) is 0. The van der Waals surface area contributed by atoms with Crippen LogP contribution in [-0.2, 0) is 58.9 Å². The van der Waals surface area contributed by atoms with E-state index in [0.29, 0.717) is 0 Å². The number of hydrogen-bond donors (Lipinski definition) is 0. The Labute approximate surface area is 71.7 Å². The average molecular weight is 352 g/mol. The first-order valence-corrected chi connectivity index (χ1v) is 0. The SMILES string of the molecule is S.[Au].[Fe].[Zn]. The predicted octanol–water partition coefficient (Wildman–Crippen LogP) is 0.105. The third-order valence-corrected chi connectivity index (χ3v) is 0. The Bertz CT molecular complexity index is 8.00. The molecule has 0 bridgehead atoms. The van der Waals surface area contributed by atoms with Gasteiger partial charge in [0.2, 0.25) is 0 Å². The zero-order valence-electron chi connectivity index (χ0n) is 1.86. The minimum atomic E-state index is 0. The van der Waals surface area contributed by atoms with E-state index in [-0.39, 0.29) is 72.4 Å². The Balaban J connectivity index is 0. The van der Waals surface area contributed by atoms with E-state index in [9.17, 15) is 0 Å². The molecule has 0 aliphatic heterocycles. The summed E-state index contributed by atoms with van der Waals surface area (Å²) in [5, 5.41) is 0. The van der Waals surface area contributed by atoms with Crippen molar-refractivity contribution in [3.8, 4) is 0 Å². The van der Waals surface area contributed by atoms with Crippen LogP contribution in [0.15, 0.2) is 0 Å². The summed E-state index contributed by atoms with van der Waals surface area (Å²) in [5.41, 5.74) is 0. The Morgan fingerprint density at radius 1 is 1.00 bits per heavy atom. The molecule has 0 amide bonds. The van der Waals surface area contributed by atoms with E-state index in [1.165, 1.54) is 0 Å². The molecule has 0 saturated carbocycles. The van der Waals surface area contributed by atoms with Crippen LogP contribution in [-0.4, -0.2) is 0 Å². The summed E-state index contributed by atoms with van der Waals surface area (Å²) in [6.45, 7) is 0. The van der Waals surface area contributed by atoms with Gasteiger partial charge in [-0.05, 0) is 0 Å². The van der Waals surface area contributed by atoms with Gasteiger partial charge in [0.25, 0.3) is 0 Å². The maximum atomic E-state index is 0. The fourth-order valence-electron chi connectivity index (χ4n) is 0. The molecule has 29 valence electrons. The van der Waals surface area contributed by atoms with Crippen LogP contribution in [0.2, 0.25) is 0 Å². The van der Waals surface area contributed by atoms with Crippen molar-refractivity contribution in [2.24, 2.45) is 0 Å². The molecule has 0 atom stereocenters. The van der Waals surface area contributed by atoms with Gasteiger partial charge >= 0.3 is 0 Å². The van der Waals surface area contributed by atoms with E-state index in [1.54, 1.807) is 0 Å². The van der Waals surface area contributed by atoms with Gasteiger partial charge in [-0.2, -0.15) is 13.5 Å². The minimum Gasteiger partial charge on any atom is -0.197 e. The molecule has 0 aromatic rings. The van der Waals surface area contributed by atoms with E-state index in [2.05, 4.69) is 0 Å². The van der Waals surface area contributed by atoms with E-state index in [0.717, 1.165) is 0 Å². The molecule has 0 fully saturated rings. The molecule has 0 saturated heterocycles. The maximum absolute atomic E-state index is 0. The zero-order chi connectivity index (χ0) is 0. The second-order valence-electron chi connectivity index (χ2n) is 0. The molecule has 0 aromatic carbocycles. The third-order valence-electron chi connectivity index (χ3n) is 0. The van der Waals surface area contributed by atoms with E-state index >= 15 is 0 Å². The summed E-state index contributed by atoms with van der Waals surface area (Å²) in [6.07, 6.45) is 0. The monoisotopic (exact) mass is 351 g/mol. The molecule has 0 aromatic heterocycles. The summed E-state index contributed by atoms with van der Waals surface area (Å²) >= 11 is 0. The molecular weight excluding hydrogens is 350 g/mol. The zero-order valence-corrected chi connectivity index (χ0v) is 9.10. The summed E-state index contributed by atoms with van der Waals surface area (Å²) < 4.78 is 0. The maximum Gasteiger partial charge on any atom is 0 e. The van der Waals surface area contributed by atoms with Crippen LogP contribution in [0, 0.1) is 0 Å². The average Bonchev–Trinajstić information content (AvgIpc) is 0. The van der Waals surface area contributed by atoms with Crippen LogP contribution < -0.4 is 0 Å². The van der Waals surface area contributed by atoms with Gasteiger partial charge in [-0.1, -0.05) is 0 Å². The van der Waals surface area contributed by atoms with Gasteiger partial charge < -0.3 is 0 Å². The largest absolute Gasteiger partial charge is 0.197 e. The van der Waals surface area contributed by atoms with Gasteiger partial charge in [0.15, 0.2) is 0 Å². The molecule has 0 rings (SSSR count). The summed E-state index contributed by atoms with van der Waals surface area (Å²) in [4.78, 5) is 0. The summed E-state index contributed by atoms with van der Waals surface area (Å²) in [5.74, 6) is 0. The first-order valence-electron chi connectivity index (χ1n) is 0. The molecular formula is H2AuFeSZn. The van der Waals surface area contributed by atoms with Gasteiger partial charge in [0, 0.05) is 58.9 Å². The fraction of sp³-hybridized carbons (Fsp3) is 0. The molecule has 0 aliphatic rings. The van der Waals surface area contributed by atoms with Crippen LogP contribution in [0.1, 0.15) is 0 Å². The van der Waals surface area contributed by atoms with Crippen molar-refractivity contribution in [2.45, 2.75) is 0 Å². The van der Waals surface area contributed by atoms with Crippen molar-refractivity contribution < 1.29 is 58.9 Å². The third kappa shape index (κ3) is 8.87. The first kappa shape index (κ1) is 34.2. The smallest absolute Gasteiger partial charge is 0 e. The molecule has 4 heavy (non-hydrogen) atoms. The molecule has 0 nitrogen and oxygen atoms in total. The van der Waals surface area contributed by atoms with Crippen LogP contribution in [0.4, 0.5) is 0 Å². The fourth-order valence-corrected chi connectivity index (χ4v) is 0. The standard InChI is InChI=1S/Au.Fe.H2S.Zn/h;;1H2;. The normalized spacial score (nSPS) is 0. The van der Waals surface area contributed by atoms with Crippen LogP contribution in [0.3, 0.4) is 0 Å². The van der Waals surface area contributed by atoms with Crippen molar-refractivity contribution >= 4 is 13.5 Å². The van der Waals surface area contributed by atoms with Gasteiger partial charge in [-0.25, -0.2) is 0 Å². The molecule has 4 heteroatoms. The minimum absolute atomic E-state index is 0. The van der Waals surface area contributed by atoms with Crippen molar-refractivity contribution in [3.05, 3.63) is 0 Å². The van der Waals surface area contributed by atoms with Crippen LogP contribution >= 0.6 is 13.5 Å². The Morgan fingerprint density at radius 3 is 1.00 bits per heavy atom. The second-order valence-corrected chi connectivity index (χ2v) is 0. The van der Waals surface area contributed by atoms with Crippen molar-refractivity contribution in [1.29, 1.82) is 0 Å². The quantitative estimate of drug-likeness (QED) is 0.543. The molecule has 0 unspecified atom stereocenters. The Morgan fingerprint density at radius 2 is 1.00 bits per heavy atom. The van der Waals surface area contributed by atoms with Gasteiger partial charge in [-0.3, -0.25) is 0 Å². The molecule has 1 radical (unpaired) electrons. The van der Waals surface area contributed by atoms with Crippen molar-refractivity contribution in [3.63, 3.8) is 0 Å². The number of hydrogen-bond acceptors (Lipinski definition) is 0. The van der Waals surface area contributed by atoms with E-state index < -0.39 is 0 Å². The Kier molecular flexibility index (Phi) is 161. The second kappa shape index (κ2) is 18.8. The van der Waals surface area contributed by atoms with Gasteiger partial charge in [0.1, 0.15) is 0 Å². The summed E-state index contributed by atoms with van der Waals surface area (Å²) in [7, 11) is 0. The molecule has 0 heterocycles. The molecule has 0 aliphatic carbocycles. The molecule has 0 spiro atoms. The summed E-state index contributed by atoms with van der Waals surface area (Å²) in [6, 6.07) is 0.